The summed E-state index contributed by atoms with van der Waals surface area (Å²) in [6, 6.07) is 26.5. The molecule has 0 spiro atoms. The molecule has 3 aromatic carbocycles. The predicted molar refractivity (Wildman–Crippen MR) is 118 cm³/mol. The largest absolute Gasteiger partial charge is 0.114 e. The number of rotatable bonds is 2. The molecule has 0 amide bonds. The van der Waals surface area contributed by atoms with Crippen molar-refractivity contribution < 1.29 is 0 Å². The average Bonchev–Trinajstić information content (AvgIpc) is 2.85. The first-order chi connectivity index (χ1) is 12.0. The molecule has 0 aliphatic carbocycles. The molecule has 0 fully saturated rings. The highest BCUT2D eigenvalue weighted by atomic mass is 79.9. The third-order valence-electron chi connectivity index (χ3n) is 5.01. The van der Waals surface area contributed by atoms with Gasteiger partial charge in [0.15, 0.2) is 0 Å². The second-order valence-corrected chi connectivity index (χ2v) is 13.1. The first kappa shape index (κ1) is 17.0. The van der Waals surface area contributed by atoms with Gasteiger partial charge in [-0.25, -0.2) is 0 Å². The maximum absolute atomic E-state index is 3.57. The van der Waals surface area contributed by atoms with Crippen molar-refractivity contribution in [2.24, 2.45) is 0 Å². The molecule has 0 bridgehead atoms. The average molecular weight is 470 g/mol. The summed E-state index contributed by atoms with van der Waals surface area (Å²) in [4.78, 5) is 0. The standard InChI is InChI=1S/C22H18Br2Si/c1-25(2)20-6-4-3-5-19(20)21(15-7-11-17(23)12-8-15)22(25)16-9-13-18(24)14-10-16/h3-14H,1-2H3. The van der Waals surface area contributed by atoms with Crippen molar-refractivity contribution in [2.45, 2.75) is 13.1 Å². The first-order valence-corrected chi connectivity index (χ1v) is 12.9. The van der Waals surface area contributed by atoms with Gasteiger partial charge in [0.25, 0.3) is 0 Å². The van der Waals surface area contributed by atoms with Crippen LogP contribution in [-0.2, 0) is 0 Å². The molecule has 3 aromatic rings. The Morgan fingerprint density at radius 3 is 1.76 bits per heavy atom. The summed E-state index contributed by atoms with van der Waals surface area (Å²) in [6.07, 6.45) is 0. The second-order valence-electron chi connectivity index (χ2n) is 6.93. The fourth-order valence-electron chi connectivity index (χ4n) is 3.87. The van der Waals surface area contributed by atoms with Crippen molar-refractivity contribution >= 4 is 55.9 Å². The molecule has 25 heavy (non-hydrogen) atoms. The molecular formula is C22H18Br2Si. The highest BCUT2D eigenvalue weighted by Gasteiger charge is 2.40. The van der Waals surface area contributed by atoms with Gasteiger partial charge in [0.1, 0.15) is 8.07 Å². The van der Waals surface area contributed by atoms with Crippen LogP contribution in [0.1, 0.15) is 16.7 Å². The van der Waals surface area contributed by atoms with Crippen molar-refractivity contribution in [1.29, 1.82) is 0 Å². The van der Waals surface area contributed by atoms with Crippen molar-refractivity contribution in [3.8, 4) is 0 Å². The van der Waals surface area contributed by atoms with Crippen LogP contribution in [-0.4, -0.2) is 8.07 Å². The van der Waals surface area contributed by atoms with E-state index in [0.29, 0.717) is 0 Å². The Morgan fingerprint density at radius 2 is 1.16 bits per heavy atom. The maximum Gasteiger partial charge on any atom is 0.114 e. The minimum Gasteiger partial charge on any atom is -0.0623 e. The van der Waals surface area contributed by atoms with Gasteiger partial charge in [0, 0.05) is 8.95 Å². The van der Waals surface area contributed by atoms with Gasteiger partial charge >= 0.3 is 0 Å². The zero-order valence-corrected chi connectivity index (χ0v) is 18.4. The highest BCUT2D eigenvalue weighted by Crippen LogP contribution is 2.43. The highest BCUT2D eigenvalue weighted by molar-refractivity contribution is 9.10. The van der Waals surface area contributed by atoms with Crippen LogP contribution in [0.5, 0.6) is 0 Å². The summed E-state index contributed by atoms with van der Waals surface area (Å²) < 4.78 is 2.24. The Kier molecular flexibility index (Phi) is 4.34. The van der Waals surface area contributed by atoms with E-state index in [4.69, 9.17) is 0 Å². The summed E-state index contributed by atoms with van der Waals surface area (Å²) >= 11 is 7.13. The third-order valence-corrected chi connectivity index (χ3v) is 9.64. The molecule has 0 atom stereocenters. The number of hydrogen-bond donors (Lipinski definition) is 0. The van der Waals surface area contributed by atoms with E-state index in [-0.39, 0.29) is 0 Å². The van der Waals surface area contributed by atoms with Crippen LogP contribution in [0.3, 0.4) is 0 Å². The lowest BCUT2D eigenvalue weighted by Crippen LogP contribution is -2.40. The molecule has 0 nitrogen and oxygen atoms in total. The van der Waals surface area contributed by atoms with Gasteiger partial charge in [0.05, 0.1) is 0 Å². The number of halogens is 2. The number of hydrogen-bond acceptors (Lipinski definition) is 0. The smallest absolute Gasteiger partial charge is 0.0623 e. The Bertz CT molecular complexity index is 968. The van der Waals surface area contributed by atoms with Crippen LogP contribution in [0.2, 0.25) is 13.1 Å². The topological polar surface area (TPSA) is 0 Å². The van der Waals surface area contributed by atoms with Crippen molar-refractivity contribution in [1.82, 2.24) is 0 Å². The van der Waals surface area contributed by atoms with E-state index < -0.39 is 8.07 Å². The van der Waals surface area contributed by atoms with Crippen LogP contribution in [0.25, 0.3) is 10.8 Å². The Labute approximate surface area is 166 Å². The van der Waals surface area contributed by atoms with E-state index >= 15 is 0 Å². The minimum absolute atomic E-state index is 1.12. The molecular weight excluding hydrogens is 452 g/mol. The molecule has 1 aliphatic rings. The van der Waals surface area contributed by atoms with Gasteiger partial charge in [-0.1, -0.05) is 93.5 Å². The Morgan fingerprint density at radius 1 is 0.640 bits per heavy atom. The minimum atomic E-state index is -1.76. The van der Waals surface area contributed by atoms with Gasteiger partial charge in [-0.15, -0.1) is 0 Å². The fraction of sp³-hybridized carbons (Fsp3) is 0.0909. The number of fused-ring (bicyclic) bond motifs is 1. The van der Waals surface area contributed by atoms with Gasteiger partial charge in [-0.2, -0.15) is 0 Å². The lowest BCUT2D eigenvalue weighted by molar-refractivity contribution is 1.55. The molecule has 1 heterocycles. The molecule has 4 rings (SSSR count). The van der Waals surface area contributed by atoms with Gasteiger partial charge < -0.3 is 0 Å². The van der Waals surface area contributed by atoms with Crippen molar-refractivity contribution in [3.63, 3.8) is 0 Å². The van der Waals surface area contributed by atoms with Gasteiger partial charge in [-0.3, -0.25) is 0 Å². The zero-order chi connectivity index (χ0) is 17.6. The lowest BCUT2D eigenvalue weighted by Gasteiger charge is -2.23. The fourth-order valence-corrected chi connectivity index (χ4v) is 7.85. The zero-order valence-electron chi connectivity index (χ0n) is 14.2. The molecule has 0 N–H and O–H groups in total. The van der Waals surface area contributed by atoms with Gasteiger partial charge in [0.2, 0.25) is 0 Å². The number of benzene rings is 3. The Hall–Kier alpha value is -1.42. The second kappa shape index (κ2) is 6.38. The lowest BCUT2D eigenvalue weighted by atomic mass is 9.96. The molecule has 0 saturated heterocycles. The molecule has 124 valence electrons. The first-order valence-electron chi connectivity index (χ1n) is 8.35. The quantitative estimate of drug-likeness (QED) is 0.369. The van der Waals surface area contributed by atoms with Crippen LogP contribution < -0.4 is 5.19 Å². The van der Waals surface area contributed by atoms with E-state index in [0.717, 1.165) is 8.95 Å². The van der Waals surface area contributed by atoms with Crippen LogP contribution in [0.4, 0.5) is 0 Å². The van der Waals surface area contributed by atoms with E-state index in [2.05, 4.69) is 118 Å². The van der Waals surface area contributed by atoms with E-state index in [9.17, 15) is 0 Å². The van der Waals surface area contributed by atoms with E-state index in [1.165, 1.54) is 32.6 Å². The summed E-state index contributed by atoms with van der Waals surface area (Å²) in [5.41, 5.74) is 5.45. The molecule has 0 radical (unpaired) electrons. The third kappa shape index (κ3) is 2.88. The van der Waals surface area contributed by atoms with Crippen LogP contribution in [0.15, 0.2) is 81.7 Å². The monoisotopic (exact) mass is 468 g/mol. The van der Waals surface area contributed by atoms with Crippen LogP contribution >= 0.6 is 31.9 Å². The maximum atomic E-state index is 3.57. The van der Waals surface area contributed by atoms with E-state index in [1.54, 1.807) is 0 Å². The summed E-state index contributed by atoms with van der Waals surface area (Å²) in [5, 5.41) is 3.06. The summed E-state index contributed by atoms with van der Waals surface area (Å²) in [7, 11) is -1.76. The Balaban J connectivity index is 2.04. The summed E-state index contributed by atoms with van der Waals surface area (Å²) in [5.74, 6) is 0. The molecule has 3 heteroatoms. The molecule has 0 saturated carbocycles. The molecule has 0 unspecified atom stereocenters. The SMILES string of the molecule is C[Si]1(C)C(c2ccc(Br)cc2)=C(c2ccc(Br)cc2)c2ccccc21. The molecule has 1 aliphatic heterocycles. The van der Waals surface area contributed by atoms with Gasteiger partial charge in [-0.05, 0) is 56.9 Å². The summed E-state index contributed by atoms with van der Waals surface area (Å²) in [6.45, 7) is 4.93. The predicted octanol–water partition coefficient (Wildman–Crippen LogP) is 6.64. The normalized spacial score (nSPS) is 15.4. The van der Waals surface area contributed by atoms with Crippen LogP contribution in [0, 0.1) is 0 Å². The molecule has 0 aromatic heterocycles. The van der Waals surface area contributed by atoms with Crippen molar-refractivity contribution in [2.75, 3.05) is 0 Å². The van der Waals surface area contributed by atoms with Crippen molar-refractivity contribution in [3.05, 3.63) is 98.4 Å². The van der Waals surface area contributed by atoms with E-state index in [1.807, 2.05) is 0 Å².